The van der Waals surface area contributed by atoms with E-state index in [9.17, 15) is 14.9 Å². The number of carbonyl (C=O) groups excluding carboxylic acids is 1. The summed E-state index contributed by atoms with van der Waals surface area (Å²) in [5, 5.41) is 14.0. The van der Waals surface area contributed by atoms with Crippen molar-refractivity contribution in [3.05, 3.63) is 27.8 Å². The molecule has 7 heteroatoms. The van der Waals surface area contributed by atoms with E-state index in [0.717, 1.165) is 25.9 Å². The Morgan fingerprint density at radius 2 is 2.05 bits per heavy atom. The van der Waals surface area contributed by atoms with Gasteiger partial charge in [-0.1, -0.05) is 0 Å². The van der Waals surface area contributed by atoms with Gasteiger partial charge in [-0.25, -0.2) is 0 Å². The number of likely N-dealkylation sites (tertiary alicyclic amines) is 1. The average Bonchev–Trinajstić information content (AvgIpc) is 2.47. The fourth-order valence-corrected chi connectivity index (χ4v) is 2.85. The van der Waals surface area contributed by atoms with Crippen molar-refractivity contribution in [1.29, 1.82) is 0 Å². The van der Waals surface area contributed by atoms with Gasteiger partial charge in [0.15, 0.2) is 0 Å². The Kier molecular flexibility index (Phi) is 4.97. The van der Waals surface area contributed by atoms with E-state index in [1.165, 1.54) is 20.1 Å². The number of amides is 1. The molecule has 0 saturated carbocycles. The monoisotopic (exact) mass is 307 g/mol. The molecule has 2 rings (SSSR count). The fraction of sp³-hybridized carbons (Fsp3) is 0.533. The summed E-state index contributed by atoms with van der Waals surface area (Å²) in [6.07, 6.45) is 1.75. The van der Waals surface area contributed by atoms with Gasteiger partial charge in [0.2, 0.25) is 5.91 Å². The highest BCUT2D eigenvalue weighted by molar-refractivity contribution is 5.91. The second kappa shape index (κ2) is 6.74. The number of nitrogens with one attached hydrogen (secondary N) is 1. The number of anilines is 1. The minimum Gasteiger partial charge on any atom is -0.495 e. The molecule has 1 fully saturated rings. The van der Waals surface area contributed by atoms with Gasteiger partial charge in [0.25, 0.3) is 5.69 Å². The predicted molar refractivity (Wildman–Crippen MR) is 83.4 cm³/mol. The molecular formula is C15H21N3O4. The summed E-state index contributed by atoms with van der Waals surface area (Å²) in [6, 6.07) is 3.09. The Labute approximate surface area is 129 Å². The molecule has 1 aromatic carbocycles. The summed E-state index contributed by atoms with van der Waals surface area (Å²) in [6.45, 7) is 3.19. The lowest BCUT2D eigenvalue weighted by atomic mass is 9.88. The van der Waals surface area contributed by atoms with Crippen LogP contribution in [0.4, 0.5) is 11.4 Å². The molecule has 0 unspecified atom stereocenters. The lowest BCUT2D eigenvalue weighted by molar-refractivity contribution is -0.385. The molecule has 0 aliphatic carbocycles. The molecular weight excluding hydrogens is 286 g/mol. The first-order valence-electron chi connectivity index (χ1n) is 7.24. The Morgan fingerprint density at radius 1 is 1.41 bits per heavy atom. The standard InChI is InChI=1S/C15H21N3O4/c1-10(19)16-13-9-14(18(20)21)12(8-15(13)22-3)11-4-6-17(2)7-5-11/h8-9,11H,4-7H2,1-3H3,(H,16,19). The van der Waals surface area contributed by atoms with Crippen LogP contribution in [0.3, 0.4) is 0 Å². The minimum atomic E-state index is -0.390. The van der Waals surface area contributed by atoms with E-state index in [2.05, 4.69) is 10.2 Å². The number of carbonyl (C=O) groups is 1. The molecule has 7 nitrogen and oxygen atoms in total. The molecule has 1 amide bonds. The van der Waals surface area contributed by atoms with Crippen LogP contribution in [0.5, 0.6) is 5.75 Å². The van der Waals surface area contributed by atoms with Gasteiger partial charge in [-0.05, 0) is 45.0 Å². The highest BCUT2D eigenvalue weighted by atomic mass is 16.6. The van der Waals surface area contributed by atoms with E-state index in [4.69, 9.17) is 4.74 Å². The van der Waals surface area contributed by atoms with E-state index in [1.807, 2.05) is 7.05 Å². The summed E-state index contributed by atoms with van der Waals surface area (Å²) in [7, 11) is 3.54. The second-order valence-electron chi connectivity index (χ2n) is 5.63. The van der Waals surface area contributed by atoms with Crippen molar-refractivity contribution in [2.75, 3.05) is 32.6 Å². The van der Waals surface area contributed by atoms with Crippen molar-refractivity contribution < 1.29 is 14.5 Å². The zero-order chi connectivity index (χ0) is 16.3. The maximum atomic E-state index is 11.4. The van der Waals surface area contributed by atoms with Crippen LogP contribution in [-0.2, 0) is 4.79 Å². The van der Waals surface area contributed by atoms with E-state index in [0.29, 0.717) is 17.0 Å². The second-order valence-corrected chi connectivity index (χ2v) is 5.63. The summed E-state index contributed by atoms with van der Waals surface area (Å²) >= 11 is 0. The largest absolute Gasteiger partial charge is 0.495 e. The van der Waals surface area contributed by atoms with E-state index >= 15 is 0 Å². The number of nitro benzene ring substituents is 1. The first kappa shape index (κ1) is 16.2. The Balaban J connectivity index is 2.43. The Bertz CT molecular complexity index is 580. The average molecular weight is 307 g/mol. The Morgan fingerprint density at radius 3 is 2.55 bits per heavy atom. The van der Waals surface area contributed by atoms with Gasteiger partial charge in [-0.15, -0.1) is 0 Å². The number of ether oxygens (including phenoxy) is 1. The van der Waals surface area contributed by atoms with Crippen molar-refractivity contribution >= 4 is 17.3 Å². The third-order valence-electron chi connectivity index (χ3n) is 4.01. The van der Waals surface area contributed by atoms with Crippen LogP contribution < -0.4 is 10.1 Å². The highest BCUT2D eigenvalue weighted by Gasteiger charge is 2.27. The van der Waals surface area contributed by atoms with Gasteiger partial charge in [0.05, 0.1) is 17.7 Å². The number of nitrogens with zero attached hydrogens (tertiary/aromatic N) is 2. The minimum absolute atomic E-state index is 0.0408. The zero-order valence-corrected chi connectivity index (χ0v) is 13.1. The van der Waals surface area contributed by atoms with Crippen LogP contribution in [-0.4, -0.2) is 43.0 Å². The smallest absolute Gasteiger partial charge is 0.275 e. The molecule has 1 heterocycles. The molecule has 22 heavy (non-hydrogen) atoms. The summed E-state index contributed by atoms with van der Waals surface area (Å²) in [5.41, 5.74) is 1.06. The van der Waals surface area contributed by atoms with Crippen molar-refractivity contribution in [3.63, 3.8) is 0 Å². The highest BCUT2D eigenvalue weighted by Crippen LogP contribution is 2.40. The van der Waals surface area contributed by atoms with Crippen LogP contribution >= 0.6 is 0 Å². The van der Waals surface area contributed by atoms with Gasteiger partial charge < -0.3 is 15.0 Å². The van der Waals surface area contributed by atoms with E-state index in [-0.39, 0.29) is 17.5 Å². The van der Waals surface area contributed by atoms with Gasteiger partial charge in [-0.3, -0.25) is 14.9 Å². The van der Waals surface area contributed by atoms with Crippen molar-refractivity contribution in [2.24, 2.45) is 0 Å². The third kappa shape index (κ3) is 3.54. The number of hydrogen-bond acceptors (Lipinski definition) is 5. The number of nitro groups is 1. The third-order valence-corrected chi connectivity index (χ3v) is 4.01. The van der Waals surface area contributed by atoms with Gasteiger partial charge in [0.1, 0.15) is 5.75 Å². The molecule has 1 aliphatic rings. The molecule has 1 aliphatic heterocycles. The lowest BCUT2D eigenvalue weighted by Crippen LogP contribution is -2.29. The van der Waals surface area contributed by atoms with Crippen molar-refractivity contribution in [3.8, 4) is 5.75 Å². The lowest BCUT2D eigenvalue weighted by Gasteiger charge is -2.29. The van der Waals surface area contributed by atoms with Crippen LogP contribution in [0.1, 0.15) is 31.2 Å². The number of benzene rings is 1. The number of piperidine rings is 1. The van der Waals surface area contributed by atoms with Gasteiger partial charge in [0, 0.05) is 18.6 Å². The normalized spacial score (nSPS) is 16.3. The Hall–Kier alpha value is -2.15. The molecule has 1 aromatic rings. The van der Waals surface area contributed by atoms with Gasteiger partial charge in [-0.2, -0.15) is 0 Å². The molecule has 0 bridgehead atoms. The molecule has 0 atom stereocenters. The summed E-state index contributed by atoms with van der Waals surface area (Å²) in [4.78, 5) is 24.5. The molecule has 1 N–H and O–H groups in total. The summed E-state index contributed by atoms with van der Waals surface area (Å²) < 4.78 is 5.29. The van der Waals surface area contributed by atoms with Gasteiger partial charge >= 0.3 is 0 Å². The number of hydrogen-bond donors (Lipinski definition) is 1. The molecule has 0 aromatic heterocycles. The molecule has 1 saturated heterocycles. The predicted octanol–water partition coefficient (Wildman–Crippen LogP) is 2.37. The quantitative estimate of drug-likeness (QED) is 0.682. The van der Waals surface area contributed by atoms with Crippen molar-refractivity contribution in [1.82, 2.24) is 4.90 Å². The van der Waals surface area contributed by atoms with Crippen LogP contribution in [0.25, 0.3) is 0 Å². The zero-order valence-electron chi connectivity index (χ0n) is 13.1. The maximum Gasteiger partial charge on any atom is 0.275 e. The topological polar surface area (TPSA) is 84.7 Å². The fourth-order valence-electron chi connectivity index (χ4n) is 2.85. The van der Waals surface area contributed by atoms with Crippen molar-refractivity contribution in [2.45, 2.75) is 25.7 Å². The van der Waals surface area contributed by atoms with E-state index in [1.54, 1.807) is 6.07 Å². The number of rotatable bonds is 4. The van der Waals surface area contributed by atoms with Crippen LogP contribution in [0, 0.1) is 10.1 Å². The molecule has 0 radical (unpaired) electrons. The summed E-state index contributed by atoms with van der Waals surface area (Å²) in [5.74, 6) is 0.297. The first-order valence-corrected chi connectivity index (χ1v) is 7.24. The SMILES string of the molecule is COc1cc(C2CCN(C)CC2)c([N+](=O)[O-])cc1NC(C)=O. The first-order chi connectivity index (χ1) is 10.4. The number of methoxy groups -OCH3 is 1. The molecule has 120 valence electrons. The van der Waals surface area contributed by atoms with Crippen LogP contribution in [0.2, 0.25) is 0 Å². The molecule has 0 spiro atoms. The van der Waals surface area contributed by atoms with E-state index < -0.39 is 4.92 Å². The maximum absolute atomic E-state index is 11.4. The van der Waals surface area contributed by atoms with Crippen LogP contribution in [0.15, 0.2) is 12.1 Å².